The van der Waals surface area contributed by atoms with E-state index < -0.39 is 0 Å². The highest BCUT2D eigenvalue weighted by molar-refractivity contribution is 7.99. The smallest absolute Gasteiger partial charge is 0.310 e. The van der Waals surface area contributed by atoms with Crippen molar-refractivity contribution in [3.63, 3.8) is 0 Å². The van der Waals surface area contributed by atoms with Gasteiger partial charge in [0.05, 0.1) is 0 Å². The molecule has 1 aromatic carbocycles. The van der Waals surface area contributed by atoms with Gasteiger partial charge in [-0.15, -0.1) is 5.10 Å². The predicted octanol–water partition coefficient (Wildman–Crippen LogP) is 2.07. The third-order valence-electron chi connectivity index (χ3n) is 2.99. The van der Waals surface area contributed by atoms with Crippen LogP contribution < -0.4 is 11.0 Å². The molecule has 0 unspecified atom stereocenters. The van der Waals surface area contributed by atoms with Gasteiger partial charge in [0.15, 0.2) is 5.16 Å². The van der Waals surface area contributed by atoms with Crippen LogP contribution >= 0.6 is 11.8 Å². The molecule has 1 heterocycles. The standard InChI is InChI=1S/C14H20N4OS/c1-9(2)15-8-11-5-6-12(10(3)7-11)20-14-17-16-13(19)18(14)4/h5-7,9,15H,8H2,1-4H3,(H,16,19). The summed E-state index contributed by atoms with van der Waals surface area (Å²) in [6.07, 6.45) is 0. The highest BCUT2D eigenvalue weighted by Gasteiger charge is 2.08. The van der Waals surface area contributed by atoms with Crippen molar-refractivity contribution in [3.8, 4) is 0 Å². The Hall–Kier alpha value is -1.53. The van der Waals surface area contributed by atoms with Crippen LogP contribution in [0.2, 0.25) is 0 Å². The molecule has 1 aromatic heterocycles. The number of aryl methyl sites for hydroxylation is 1. The molecule has 0 aliphatic heterocycles. The molecule has 0 aliphatic rings. The fraction of sp³-hybridized carbons (Fsp3) is 0.429. The van der Waals surface area contributed by atoms with E-state index in [9.17, 15) is 4.79 Å². The SMILES string of the molecule is Cc1cc(CNC(C)C)ccc1Sc1n[nH]c(=O)n1C. The molecule has 20 heavy (non-hydrogen) atoms. The molecule has 0 spiro atoms. The van der Waals surface area contributed by atoms with Crippen LogP contribution in [0.5, 0.6) is 0 Å². The largest absolute Gasteiger partial charge is 0.343 e. The summed E-state index contributed by atoms with van der Waals surface area (Å²) in [4.78, 5) is 12.5. The molecule has 0 aliphatic carbocycles. The van der Waals surface area contributed by atoms with Crippen LogP contribution in [0.4, 0.5) is 0 Å². The number of hydrogen-bond donors (Lipinski definition) is 2. The minimum absolute atomic E-state index is 0.192. The molecule has 0 radical (unpaired) electrons. The van der Waals surface area contributed by atoms with Crippen LogP contribution in [0.1, 0.15) is 25.0 Å². The maximum atomic E-state index is 11.3. The van der Waals surface area contributed by atoms with E-state index in [1.165, 1.54) is 27.5 Å². The zero-order chi connectivity index (χ0) is 14.7. The zero-order valence-electron chi connectivity index (χ0n) is 12.2. The van der Waals surface area contributed by atoms with Crippen LogP contribution in [0, 0.1) is 6.92 Å². The Morgan fingerprint density at radius 2 is 2.20 bits per heavy atom. The number of hydrogen-bond acceptors (Lipinski definition) is 4. The molecule has 0 saturated heterocycles. The lowest BCUT2D eigenvalue weighted by molar-refractivity contribution is 0.588. The summed E-state index contributed by atoms with van der Waals surface area (Å²) in [5.41, 5.74) is 2.26. The first-order valence-corrected chi connectivity index (χ1v) is 7.41. The summed E-state index contributed by atoms with van der Waals surface area (Å²) >= 11 is 1.49. The number of benzene rings is 1. The highest BCUT2D eigenvalue weighted by Crippen LogP contribution is 2.28. The summed E-state index contributed by atoms with van der Waals surface area (Å²) in [5, 5.41) is 10.5. The molecule has 0 atom stereocenters. The van der Waals surface area contributed by atoms with Gasteiger partial charge in [-0.25, -0.2) is 9.89 Å². The molecule has 0 saturated carbocycles. The molecule has 2 aromatic rings. The van der Waals surface area contributed by atoms with Gasteiger partial charge in [0.1, 0.15) is 0 Å². The van der Waals surface area contributed by atoms with Crippen molar-refractivity contribution in [2.24, 2.45) is 7.05 Å². The van der Waals surface area contributed by atoms with Crippen molar-refractivity contribution in [1.82, 2.24) is 20.1 Å². The van der Waals surface area contributed by atoms with Gasteiger partial charge in [-0.05, 0) is 35.9 Å². The van der Waals surface area contributed by atoms with Crippen molar-refractivity contribution in [2.45, 2.75) is 43.4 Å². The average Bonchev–Trinajstić information content (AvgIpc) is 2.71. The third-order valence-corrected chi connectivity index (χ3v) is 4.22. The summed E-state index contributed by atoms with van der Waals surface area (Å²) in [6, 6.07) is 6.83. The molecular formula is C14H20N4OS. The topological polar surface area (TPSA) is 62.7 Å². The number of aromatic amines is 1. The molecule has 2 rings (SSSR count). The van der Waals surface area contributed by atoms with Gasteiger partial charge >= 0.3 is 5.69 Å². The minimum atomic E-state index is -0.192. The van der Waals surface area contributed by atoms with Crippen molar-refractivity contribution in [3.05, 3.63) is 39.8 Å². The highest BCUT2D eigenvalue weighted by atomic mass is 32.2. The summed E-state index contributed by atoms with van der Waals surface area (Å²) < 4.78 is 1.51. The first-order chi connectivity index (χ1) is 9.47. The number of nitrogens with one attached hydrogen (secondary N) is 2. The lowest BCUT2D eigenvalue weighted by Crippen LogP contribution is -2.21. The number of aromatic nitrogens is 3. The Balaban J connectivity index is 2.13. The van der Waals surface area contributed by atoms with Gasteiger partial charge in [-0.1, -0.05) is 26.0 Å². The maximum Gasteiger partial charge on any atom is 0.343 e. The van der Waals surface area contributed by atoms with Gasteiger partial charge < -0.3 is 5.32 Å². The van der Waals surface area contributed by atoms with Gasteiger partial charge in [0.25, 0.3) is 0 Å². The van der Waals surface area contributed by atoms with Crippen LogP contribution in [-0.4, -0.2) is 20.8 Å². The second kappa shape index (κ2) is 6.28. The monoisotopic (exact) mass is 292 g/mol. The van der Waals surface area contributed by atoms with Gasteiger partial charge in [0, 0.05) is 24.5 Å². The van der Waals surface area contributed by atoms with Gasteiger partial charge in [0.2, 0.25) is 0 Å². The fourth-order valence-corrected chi connectivity index (χ4v) is 2.64. The maximum absolute atomic E-state index is 11.3. The van der Waals surface area contributed by atoms with E-state index in [-0.39, 0.29) is 5.69 Å². The first-order valence-electron chi connectivity index (χ1n) is 6.59. The normalized spacial score (nSPS) is 11.2. The third kappa shape index (κ3) is 3.52. The second-order valence-electron chi connectivity index (χ2n) is 5.11. The minimum Gasteiger partial charge on any atom is -0.310 e. The van der Waals surface area contributed by atoms with E-state index in [0.29, 0.717) is 11.2 Å². The number of rotatable bonds is 5. The van der Waals surface area contributed by atoms with Crippen molar-refractivity contribution >= 4 is 11.8 Å². The van der Waals surface area contributed by atoms with E-state index >= 15 is 0 Å². The average molecular weight is 292 g/mol. The summed E-state index contributed by atoms with van der Waals surface area (Å²) in [6.45, 7) is 7.21. The van der Waals surface area contributed by atoms with Crippen molar-refractivity contribution in [2.75, 3.05) is 0 Å². The molecule has 0 fully saturated rings. The molecule has 2 N–H and O–H groups in total. The lowest BCUT2D eigenvalue weighted by atomic mass is 10.1. The van der Waals surface area contributed by atoms with Gasteiger partial charge in [-0.3, -0.25) is 4.57 Å². The lowest BCUT2D eigenvalue weighted by Gasteiger charge is -2.10. The van der Waals surface area contributed by atoms with Crippen LogP contribution in [0.3, 0.4) is 0 Å². The van der Waals surface area contributed by atoms with Crippen LogP contribution in [-0.2, 0) is 13.6 Å². The summed E-state index contributed by atoms with van der Waals surface area (Å²) in [5.74, 6) is 0. The van der Waals surface area contributed by atoms with Gasteiger partial charge in [-0.2, -0.15) is 0 Å². The Kier molecular flexibility index (Phi) is 4.67. The van der Waals surface area contributed by atoms with E-state index in [1.807, 2.05) is 0 Å². The molecule has 0 bridgehead atoms. The Bertz CT molecular complexity index is 645. The first kappa shape index (κ1) is 14.9. The van der Waals surface area contributed by atoms with E-state index in [2.05, 4.69) is 54.5 Å². The quantitative estimate of drug-likeness (QED) is 0.885. The molecule has 108 valence electrons. The zero-order valence-corrected chi connectivity index (χ0v) is 13.0. The second-order valence-corrected chi connectivity index (χ2v) is 6.12. The Morgan fingerprint density at radius 1 is 1.45 bits per heavy atom. The Labute approximate surface area is 122 Å². The fourth-order valence-electron chi connectivity index (χ4n) is 1.78. The molecular weight excluding hydrogens is 272 g/mol. The van der Waals surface area contributed by atoms with Crippen molar-refractivity contribution in [1.29, 1.82) is 0 Å². The number of H-pyrrole nitrogens is 1. The summed E-state index contributed by atoms with van der Waals surface area (Å²) in [7, 11) is 1.71. The molecule has 0 amide bonds. The van der Waals surface area contributed by atoms with Crippen LogP contribution in [0.15, 0.2) is 33.0 Å². The van der Waals surface area contributed by atoms with E-state index in [0.717, 1.165) is 11.4 Å². The van der Waals surface area contributed by atoms with E-state index in [1.54, 1.807) is 7.05 Å². The predicted molar refractivity (Wildman–Crippen MR) is 81.1 cm³/mol. The molecule has 5 nitrogen and oxygen atoms in total. The van der Waals surface area contributed by atoms with E-state index in [4.69, 9.17) is 0 Å². The van der Waals surface area contributed by atoms with Crippen LogP contribution in [0.25, 0.3) is 0 Å². The van der Waals surface area contributed by atoms with Crippen molar-refractivity contribution < 1.29 is 0 Å². The Morgan fingerprint density at radius 3 is 2.75 bits per heavy atom. The number of nitrogens with zero attached hydrogens (tertiary/aromatic N) is 2. The molecule has 6 heteroatoms.